The first-order valence-corrected chi connectivity index (χ1v) is 8.12. The molecule has 3 rings (SSSR count). The maximum absolute atomic E-state index is 9.51. The van der Waals surface area contributed by atoms with E-state index in [4.69, 9.17) is 4.42 Å². The fourth-order valence-corrected chi connectivity index (χ4v) is 3.20. The average molecular weight is 303 g/mol. The lowest BCUT2D eigenvalue weighted by Gasteiger charge is -2.34. The minimum absolute atomic E-state index is 0.257. The number of aromatic nitrogens is 2. The van der Waals surface area contributed by atoms with Gasteiger partial charge in [-0.05, 0) is 44.9 Å². The molecule has 5 heteroatoms. The van der Waals surface area contributed by atoms with Crippen molar-refractivity contribution in [2.75, 3.05) is 19.7 Å². The highest BCUT2D eigenvalue weighted by Crippen LogP contribution is 2.24. The smallest absolute Gasteiger partial charge is 0.176 e. The van der Waals surface area contributed by atoms with Crippen molar-refractivity contribution in [1.82, 2.24) is 14.5 Å². The Bertz CT molecular complexity index is 598. The number of nitrogens with zero attached hydrogens (tertiary/aromatic N) is 3. The second-order valence-corrected chi connectivity index (χ2v) is 6.16. The second-order valence-electron chi connectivity index (χ2n) is 6.16. The average Bonchev–Trinajstić information content (AvgIpc) is 3.12. The fourth-order valence-electron chi connectivity index (χ4n) is 3.20. The van der Waals surface area contributed by atoms with Gasteiger partial charge in [-0.1, -0.05) is 6.42 Å². The van der Waals surface area contributed by atoms with Crippen LogP contribution in [-0.2, 0) is 6.54 Å². The number of hydrogen-bond donors (Lipinski definition) is 1. The van der Waals surface area contributed by atoms with Crippen LogP contribution >= 0.6 is 0 Å². The number of aliphatic hydroxyl groups excluding tert-OH is 1. The lowest BCUT2D eigenvalue weighted by atomic mass is 10.0. The molecule has 3 heterocycles. The van der Waals surface area contributed by atoms with E-state index < -0.39 is 0 Å². The Balaban J connectivity index is 1.70. The summed E-state index contributed by atoms with van der Waals surface area (Å²) in [7, 11) is 0. The topological polar surface area (TPSA) is 54.4 Å². The third-order valence-electron chi connectivity index (χ3n) is 4.69. The molecule has 1 aliphatic heterocycles. The molecule has 0 saturated carbocycles. The standard InChI is InChI=1S/C17H25N3O2/c1-13-11-16(22-14(13)2)17-18-6-8-20(17)10-9-19-7-4-3-5-15(19)12-21/h6,8,11,15,21H,3-5,7,9-10,12H2,1-2H3/t15-/m0/s1. The molecule has 2 aromatic heterocycles. The van der Waals surface area contributed by atoms with Gasteiger partial charge in [-0.15, -0.1) is 0 Å². The summed E-state index contributed by atoms with van der Waals surface area (Å²) < 4.78 is 7.94. The minimum Gasteiger partial charge on any atom is -0.458 e. The third-order valence-corrected chi connectivity index (χ3v) is 4.69. The highest BCUT2D eigenvalue weighted by molar-refractivity contribution is 5.50. The summed E-state index contributed by atoms with van der Waals surface area (Å²) in [4.78, 5) is 6.84. The molecule has 120 valence electrons. The second kappa shape index (κ2) is 6.67. The third kappa shape index (κ3) is 3.10. The SMILES string of the molecule is Cc1cc(-c2nccn2CCN2CCCC[C@H]2CO)oc1C. The van der Waals surface area contributed by atoms with Crippen molar-refractivity contribution in [2.24, 2.45) is 0 Å². The molecule has 0 amide bonds. The molecule has 1 atom stereocenters. The number of piperidine rings is 1. The molecule has 0 bridgehead atoms. The molecule has 0 aromatic carbocycles. The number of imidazole rings is 1. The van der Waals surface area contributed by atoms with E-state index in [9.17, 15) is 5.11 Å². The Morgan fingerprint density at radius 2 is 2.18 bits per heavy atom. The van der Waals surface area contributed by atoms with E-state index in [1.807, 2.05) is 25.4 Å². The van der Waals surface area contributed by atoms with Gasteiger partial charge in [0.05, 0.1) is 6.61 Å². The molecule has 0 aliphatic carbocycles. The van der Waals surface area contributed by atoms with E-state index >= 15 is 0 Å². The van der Waals surface area contributed by atoms with E-state index in [1.165, 1.54) is 12.8 Å². The molecule has 5 nitrogen and oxygen atoms in total. The summed E-state index contributed by atoms with van der Waals surface area (Å²) >= 11 is 0. The highest BCUT2D eigenvalue weighted by Gasteiger charge is 2.21. The number of likely N-dealkylation sites (tertiary alicyclic amines) is 1. The first-order chi connectivity index (χ1) is 10.7. The van der Waals surface area contributed by atoms with Crippen LogP contribution in [0.5, 0.6) is 0 Å². The normalized spacial score (nSPS) is 19.7. The Morgan fingerprint density at radius 1 is 1.32 bits per heavy atom. The van der Waals surface area contributed by atoms with Gasteiger partial charge >= 0.3 is 0 Å². The van der Waals surface area contributed by atoms with Gasteiger partial charge in [-0.3, -0.25) is 4.90 Å². The van der Waals surface area contributed by atoms with Gasteiger partial charge in [0.2, 0.25) is 0 Å². The Labute approximate surface area is 131 Å². The molecular formula is C17H25N3O2. The zero-order chi connectivity index (χ0) is 15.5. The van der Waals surface area contributed by atoms with Crippen LogP contribution in [0.25, 0.3) is 11.6 Å². The van der Waals surface area contributed by atoms with Crippen molar-refractivity contribution in [2.45, 2.75) is 45.7 Å². The molecule has 1 fully saturated rings. The van der Waals surface area contributed by atoms with Crippen LogP contribution in [0.15, 0.2) is 22.9 Å². The highest BCUT2D eigenvalue weighted by atomic mass is 16.3. The lowest BCUT2D eigenvalue weighted by Crippen LogP contribution is -2.43. The first kappa shape index (κ1) is 15.3. The van der Waals surface area contributed by atoms with Gasteiger partial charge < -0.3 is 14.1 Å². The quantitative estimate of drug-likeness (QED) is 0.922. The van der Waals surface area contributed by atoms with Crippen molar-refractivity contribution in [3.05, 3.63) is 29.8 Å². The van der Waals surface area contributed by atoms with Crippen LogP contribution in [0.2, 0.25) is 0 Å². The molecule has 0 spiro atoms. The largest absolute Gasteiger partial charge is 0.458 e. The Kier molecular flexibility index (Phi) is 4.64. The number of aryl methyl sites for hydroxylation is 2. The van der Waals surface area contributed by atoms with E-state index in [-0.39, 0.29) is 6.61 Å². The van der Waals surface area contributed by atoms with Crippen molar-refractivity contribution >= 4 is 0 Å². The van der Waals surface area contributed by atoms with Crippen molar-refractivity contribution in [3.63, 3.8) is 0 Å². The number of rotatable bonds is 5. The summed E-state index contributed by atoms with van der Waals surface area (Å²) in [6.45, 7) is 7.17. The zero-order valence-electron chi connectivity index (χ0n) is 13.5. The van der Waals surface area contributed by atoms with Gasteiger partial charge in [0.15, 0.2) is 11.6 Å². The van der Waals surface area contributed by atoms with E-state index in [0.717, 1.165) is 49.0 Å². The first-order valence-electron chi connectivity index (χ1n) is 8.12. The van der Waals surface area contributed by atoms with E-state index in [2.05, 4.69) is 21.4 Å². The van der Waals surface area contributed by atoms with Crippen molar-refractivity contribution in [1.29, 1.82) is 0 Å². The molecule has 0 unspecified atom stereocenters. The van der Waals surface area contributed by atoms with Gasteiger partial charge in [0, 0.05) is 31.5 Å². The Hall–Kier alpha value is -1.59. The van der Waals surface area contributed by atoms with Gasteiger partial charge in [-0.2, -0.15) is 0 Å². The lowest BCUT2D eigenvalue weighted by molar-refractivity contribution is 0.0872. The molecule has 1 saturated heterocycles. The maximum atomic E-state index is 9.51. The van der Waals surface area contributed by atoms with Crippen LogP contribution < -0.4 is 0 Å². The van der Waals surface area contributed by atoms with Crippen molar-refractivity contribution in [3.8, 4) is 11.6 Å². The summed E-state index contributed by atoms with van der Waals surface area (Å²) in [6.07, 6.45) is 7.37. The summed E-state index contributed by atoms with van der Waals surface area (Å²) in [5, 5.41) is 9.51. The van der Waals surface area contributed by atoms with Crippen LogP contribution in [0, 0.1) is 13.8 Å². The Morgan fingerprint density at radius 3 is 2.91 bits per heavy atom. The predicted molar refractivity (Wildman–Crippen MR) is 85.7 cm³/mol. The summed E-state index contributed by atoms with van der Waals surface area (Å²) in [6, 6.07) is 2.36. The van der Waals surface area contributed by atoms with Crippen LogP contribution in [0.1, 0.15) is 30.6 Å². The van der Waals surface area contributed by atoms with Gasteiger partial charge in [-0.25, -0.2) is 4.98 Å². The molecular weight excluding hydrogens is 278 g/mol. The van der Waals surface area contributed by atoms with Crippen molar-refractivity contribution < 1.29 is 9.52 Å². The van der Waals surface area contributed by atoms with Crippen LogP contribution in [-0.4, -0.2) is 45.3 Å². The molecule has 0 radical (unpaired) electrons. The molecule has 2 aromatic rings. The van der Waals surface area contributed by atoms with Gasteiger partial charge in [0.25, 0.3) is 0 Å². The number of hydrogen-bond acceptors (Lipinski definition) is 4. The van der Waals surface area contributed by atoms with Crippen LogP contribution in [0.3, 0.4) is 0 Å². The minimum atomic E-state index is 0.257. The predicted octanol–water partition coefficient (Wildman–Crippen LogP) is 2.61. The van der Waals surface area contributed by atoms with Crippen LogP contribution in [0.4, 0.5) is 0 Å². The maximum Gasteiger partial charge on any atom is 0.176 e. The summed E-state index contributed by atoms with van der Waals surface area (Å²) in [5.74, 6) is 2.66. The number of furan rings is 1. The molecule has 1 aliphatic rings. The zero-order valence-corrected chi connectivity index (χ0v) is 13.5. The monoisotopic (exact) mass is 303 g/mol. The molecule has 1 N–H and O–H groups in total. The molecule has 22 heavy (non-hydrogen) atoms. The van der Waals surface area contributed by atoms with E-state index in [0.29, 0.717) is 6.04 Å². The van der Waals surface area contributed by atoms with E-state index in [1.54, 1.807) is 0 Å². The van der Waals surface area contributed by atoms with Gasteiger partial charge in [0.1, 0.15) is 5.76 Å². The summed E-state index contributed by atoms with van der Waals surface area (Å²) in [5.41, 5.74) is 1.15. The fraction of sp³-hybridized carbons (Fsp3) is 0.588. The number of aliphatic hydroxyl groups is 1.